The minimum Gasteiger partial charge on any atom is -0.343 e. The molecule has 0 aliphatic carbocycles. The summed E-state index contributed by atoms with van der Waals surface area (Å²) in [4.78, 5) is 20.9. The molecule has 0 saturated carbocycles. The minimum atomic E-state index is -1.56. The molecule has 0 saturated heterocycles. The van der Waals surface area contributed by atoms with Crippen LogP contribution in [0.2, 0.25) is 0 Å². The number of carbonyl (C=O) groups is 2. The summed E-state index contributed by atoms with van der Waals surface area (Å²) < 4.78 is 11.7. The highest BCUT2D eigenvalue weighted by atomic mass is 19.1. The number of hydrogen-bond acceptors (Lipinski definition) is 2. The van der Waals surface area contributed by atoms with E-state index in [0.29, 0.717) is 0 Å². The minimum absolute atomic E-state index is 0.496. The molecule has 4 heteroatoms. The zero-order valence-electron chi connectivity index (χ0n) is 7.94. The van der Waals surface area contributed by atoms with Gasteiger partial charge in [0.25, 0.3) is 0 Å². The van der Waals surface area contributed by atoms with Gasteiger partial charge in [0.2, 0.25) is 5.91 Å². The molecule has 0 radical (unpaired) electrons. The van der Waals surface area contributed by atoms with E-state index in [-0.39, 0.29) is 0 Å². The lowest BCUT2D eigenvalue weighted by Gasteiger charge is -1.95. The molecule has 0 heterocycles. The van der Waals surface area contributed by atoms with Gasteiger partial charge in [-0.1, -0.05) is 30.3 Å². The predicted molar refractivity (Wildman–Crippen MR) is 54.6 cm³/mol. The first-order valence-electron chi connectivity index (χ1n) is 4.38. The molecule has 1 aromatic rings. The summed E-state index contributed by atoms with van der Waals surface area (Å²) in [5, 5.41) is 2.10. The first kappa shape index (κ1) is 11.1. The van der Waals surface area contributed by atoms with Crippen molar-refractivity contribution < 1.29 is 14.0 Å². The third-order valence-electron chi connectivity index (χ3n) is 1.63. The fourth-order valence-electron chi connectivity index (χ4n) is 0.952. The largest absolute Gasteiger partial charge is 0.343 e. The van der Waals surface area contributed by atoms with E-state index in [1.807, 2.05) is 30.3 Å². The third kappa shape index (κ3) is 4.71. The molecular formula is C11H10FNO2. The summed E-state index contributed by atoms with van der Waals surface area (Å²) in [5.41, 5.74) is 0.860. The average molecular weight is 207 g/mol. The molecule has 0 bridgehead atoms. The second-order valence-electron chi connectivity index (χ2n) is 2.82. The maximum atomic E-state index is 11.7. The van der Waals surface area contributed by atoms with Crippen LogP contribution in [0.1, 0.15) is 5.56 Å². The SMILES string of the molecule is O=C(F)CNC(=O)C=Cc1ccccc1. The predicted octanol–water partition coefficient (Wildman–Crippen LogP) is 1.31. The lowest BCUT2D eigenvalue weighted by molar-refractivity contribution is -0.130. The number of rotatable bonds is 4. The normalized spacial score (nSPS) is 10.2. The maximum absolute atomic E-state index is 11.7. The van der Waals surface area contributed by atoms with Gasteiger partial charge in [-0.15, -0.1) is 0 Å². The van der Waals surface area contributed by atoms with Crippen LogP contribution in [0.15, 0.2) is 36.4 Å². The van der Waals surface area contributed by atoms with Crippen molar-refractivity contribution in [3.05, 3.63) is 42.0 Å². The van der Waals surface area contributed by atoms with Gasteiger partial charge in [0, 0.05) is 6.08 Å². The smallest absolute Gasteiger partial charge is 0.320 e. The van der Waals surface area contributed by atoms with Crippen LogP contribution >= 0.6 is 0 Å². The van der Waals surface area contributed by atoms with Gasteiger partial charge in [-0.3, -0.25) is 9.59 Å². The van der Waals surface area contributed by atoms with Gasteiger partial charge in [-0.05, 0) is 11.6 Å². The number of amides is 1. The summed E-state index contributed by atoms with van der Waals surface area (Å²) in [5.74, 6) is -0.496. The molecule has 15 heavy (non-hydrogen) atoms. The van der Waals surface area contributed by atoms with E-state index >= 15 is 0 Å². The van der Waals surface area contributed by atoms with E-state index in [9.17, 15) is 14.0 Å². The fraction of sp³-hybridized carbons (Fsp3) is 0.0909. The standard InChI is InChI=1S/C11H10FNO2/c12-10(14)8-13-11(15)7-6-9-4-2-1-3-5-9/h1-7H,8H2,(H,13,15). The first-order valence-corrected chi connectivity index (χ1v) is 4.38. The molecule has 1 N–H and O–H groups in total. The molecule has 78 valence electrons. The van der Waals surface area contributed by atoms with E-state index in [1.54, 1.807) is 6.08 Å². The van der Waals surface area contributed by atoms with E-state index in [4.69, 9.17) is 0 Å². The molecular weight excluding hydrogens is 197 g/mol. The molecule has 0 fully saturated rings. The Bertz CT molecular complexity index is 373. The molecule has 0 aromatic heterocycles. The second kappa shape index (κ2) is 5.70. The van der Waals surface area contributed by atoms with Gasteiger partial charge in [-0.2, -0.15) is 4.39 Å². The van der Waals surface area contributed by atoms with Crippen molar-refractivity contribution in [1.82, 2.24) is 5.32 Å². The summed E-state index contributed by atoms with van der Waals surface area (Å²) in [6.45, 7) is -0.585. The van der Waals surface area contributed by atoms with Crippen molar-refractivity contribution in [3.8, 4) is 0 Å². The van der Waals surface area contributed by atoms with E-state index < -0.39 is 18.5 Å². The summed E-state index contributed by atoms with van der Waals surface area (Å²) in [7, 11) is 0. The van der Waals surface area contributed by atoms with Crippen LogP contribution in [0, 0.1) is 0 Å². The molecule has 0 aliphatic rings. The Labute approximate surface area is 86.6 Å². The monoisotopic (exact) mass is 207 g/mol. The fourth-order valence-corrected chi connectivity index (χ4v) is 0.952. The summed E-state index contributed by atoms with van der Waals surface area (Å²) in [6.07, 6.45) is 2.83. The van der Waals surface area contributed by atoms with Crippen LogP contribution in [-0.4, -0.2) is 18.5 Å². The average Bonchev–Trinajstić information content (AvgIpc) is 2.25. The molecule has 1 aromatic carbocycles. The van der Waals surface area contributed by atoms with Crippen LogP contribution < -0.4 is 5.32 Å². The van der Waals surface area contributed by atoms with Crippen LogP contribution in [0.3, 0.4) is 0 Å². The van der Waals surface area contributed by atoms with Gasteiger partial charge in [-0.25, -0.2) is 0 Å². The van der Waals surface area contributed by atoms with Gasteiger partial charge in [0.1, 0.15) is 6.54 Å². The maximum Gasteiger partial charge on any atom is 0.320 e. The molecule has 0 spiro atoms. The molecule has 1 amide bonds. The highest BCUT2D eigenvalue weighted by molar-refractivity contribution is 5.93. The number of hydrogen-bond donors (Lipinski definition) is 1. The number of nitrogens with one attached hydrogen (secondary N) is 1. The van der Waals surface area contributed by atoms with Gasteiger partial charge in [0.05, 0.1) is 0 Å². The van der Waals surface area contributed by atoms with Crippen molar-refractivity contribution in [2.24, 2.45) is 0 Å². The van der Waals surface area contributed by atoms with Crippen LogP contribution in [0.4, 0.5) is 4.39 Å². The second-order valence-corrected chi connectivity index (χ2v) is 2.82. The zero-order valence-corrected chi connectivity index (χ0v) is 7.94. The topological polar surface area (TPSA) is 46.2 Å². The van der Waals surface area contributed by atoms with Gasteiger partial charge >= 0.3 is 6.04 Å². The molecule has 0 atom stereocenters. The van der Waals surface area contributed by atoms with Gasteiger partial charge < -0.3 is 5.32 Å². The molecule has 0 aliphatic heterocycles. The Kier molecular flexibility index (Phi) is 4.22. The van der Waals surface area contributed by atoms with Crippen LogP contribution in [0.25, 0.3) is 6.08 Å². The van der Waals surface area contributed by atoms with E-state index in [2.05, 4.69) is 5.32 Å². The van der Waals surface area contributed by atoms with Crippen molar-refractivity contribution in [3.63, 3.8) is 0 Å². The van der Waals surface area contributed by atoms with Crippen molar-refractivity contribution >= 4 is 18.0 Å². The Morgan fingerprint density at radius 2 is 1.93 bits per heavy atom. The Morgan fingerprint density at radius 1 is 1.27 bits per heavy atom. The van der Waals surface area contributed by atoms with Crippen molar-refractivity contribution in [2.75, 3.05) is 6.54 Å². The molecule has 3 nitrogen and oxygen atoms in total. The van der Waals surface area contributed by atoms with E-state index in [0.717, 1.165) is 5.56 Å². The van der Waals surface area contributed by atoms with Crippen LogP contribution in [-0.2, 0) is 9.59 Å². The zero-order chi connectivity index (χ0) is 11.1. The third-order valence-corrected chi connectivity index (χ3v) is 1.63. The van der Waals surface area contributed by atoms with Gasteiger partial charge in [0.15, 0.2) is 0 Å². The number of benzene rings is 1. The first-order chi connectivity index (χ1) is 7.18. The Morgan fingerprint density at radius 3 is 2.53 bits per heavy atom. The van der Waals surface area contributed by atoms with Crippen molar-refractivity contribution in [2.45, 2.75) is 0 Å². The molecule has 1 rings (SSSR count). The molecule has 0 unspecified atom stereocenters. The van der Waals surface area contributed by atoms with Crippen molar-refractivity contribution in [1.29, 1.82) is 0 Å². The van der Waals surface area contributed by atoms with E-state index in [1.165, 1.54) is 6.08 Å². The highest BCUT2D eigenvalue weighted by Crippen LogP contribution is 2.00. The summed E-state index contributed by atoms with van der Waals surface area (Å²) in [6, 6.07) is 7.62. The Balaban J connectivity index is 2.44. The highest BCUT2D eigenvalue weighted by Gasteiger charge is 1.99. The number of halogens is 1. The van der Waals surface area contributed by atoms with Crippen LogP contribution in [0.5, 0.6) is 0 Å². The quantitative estimate of drug-likeness (QED) is 0.597. The lowest BCUT2D eigenvalue weighted by atomic mass is 10.2. The lowest BCUT2D eigenvalue weighted by Crippen LogP contribution is -2.25. The Hall–Kier alpha value is -1.97. The summed E-state index contributed by atoms with van der Waals surface area (Å²) >= 11 is 0. The number of carbonyl (C=O) groups excluding carboxylic acids is 2.